The fourth-order valence-corrected chi connectivity index (χ4v) is 3.11. The average Bonchev–Trinajstić information content (AvgIpc) is 3.03. The maximum absolute atomic E-state index is 11.6. The van der Waals surface area contributed by atoms with Gasteiger partial charge in [0.25, 0.3) is 0 Å². The van der Waals surface area contributed by atoms with Gasteiger partial charge >= 0.3 is 0 Å². The van der Waals surface area contributed by atoms with Crippen molar-refractivity contribution < 1.29 is 14.3 Å². The van der Waals surface area contributed by atoms with Crippen LogP contribution in [0.15, 0.2) is 42.5 Å². The Morgan fingerprint density at radius 2 is 1.84 bits per heavy atom. The Hall–Kier alpha value is -2.37. The summed E-state index contributed by atoms with van der Waals surface area (Å²) in [5, 5.41) is 2.86. The molecule has 0 bridgehead atoms. The van der Waals surface area contributed by atoms with Gasteiger partial charge < -0.3 is 14.8 Å². The molecule has 25 heavy (non-hydrogen) atoms. The first-order chi connectivity index (χ1) is 12.2. The highest BCUT2D eigenvalue weighted by atomic mass is 16.5. The van der Waals surface area contributed by atoms with Gasteiger partial charge in [0, 0.05) is 32.4 Å². The molecule has 132 valence electrons. The van der Waals surface area contributed by atoms with Gasteiger partial charge in [-0.05, 0) is 47.4 Å². The van der Waals surface area contributed by atoms with Crippen LogP contribution in [0.2, 0.25) is 0 Å². The van der Waals surface area contributed by atoms with Gasteiger partial charge in [0.15, 0.2) is 0 Å². The summed E-state index contributed by atoms with van der Waals surface area (Å²) >= 11 is 0. The van der Waals surface area contributed by atoms with Crippen molar-refractivity contribution in [2.45, 2.75) is 19.5 Å². The second-order valence-electron chi connectivity index (χ2n) is 6.27. The van der Waals surface area contributed by atoms with E-state index >= 15 is 0 Å². The quantitative estimate of drug-likeness (QED) is 0.842. The minimum Gasteiger partial charge on any atom is -0.497 e. The van der Waals surface area contributed by atoms with Gasteiger partial charge in [-0.1, -0.05) is 18.2 Å². The molecule has 0 unspecified atom stereocenters. The van der Waals surface area contributed by atoms with Crippen molar-refractivity contribution in [3.8, 4) is 5.75 Å². The molecule has 2 aromatic rings. The molecule has 0 saturated heterocycles. The summed E-state index contributed by atoms with van der Waals surface area (Å²) in [6, 6.07) is 14.4. The van der Waals surface area contributed by atoms with E-state index in [1.165, 1.54) is 23.8 Å². The van der Waals surface area contributed by atoms with E-state index in [0.717, 1.165) is 37.5 Å². The Morgan fingerprint density at radius 3 is 2.56 bits per heavy atom. The number of anilines is 1. The Balaban J connectivity index is 1.54. The summed E-state index contributed by atoms with van der Waals surface area (Å²) in [5.41, 5.74) is 4.76. The van der Waals surface area contributed by atoms with Crippen molar-refractivity contribution >= 4 is 11.6 Å². The fourth-order valence-electron chi connectivity index (χ4n) is 3.11. The van der Waals surface area contributed by atoms with Gasteiger partial charge in [0.05, 0.1) is 7.11 Å². The van der Waals surface area contributed by atoms with Crippen molar-refractivity contribution in [2.24, 2.45) is 0 Å². The largest absolute Gasteiger partial charge is 0.497 e. The smallest absolute Gasteiger partial charge is 0.250 e. The zero-order valence-corrected chi connectivity index (χ0v) is 14.7. The molecule has 0 aliphatic carbocycles. The molecule has 0 spiro atoms. The molecule has 3 rings (SSSR count). The van der Waals surface area contributed by atoms with Crippen molar-refractivity contribution in [1.82, 2.24) is 4.90 Å². The van der Waals surface area contributed by atoms with Crippen LogP contribution in [0, 0.1) is 0 Å². The summed E-state index contributed by atoms with van der Waals surface area (Å²) in [6.07, 6.45) is 1.01. The minimum absolute atomic E-state index is 0.0745. The van der Waals surface area contributed by atoms with E-state index in [1.54, 1.807) is 7.11 Å². The summed E-state index contributed by atoms with van der Waals surface area (Å²) in [7, 11) is 3.20. The third-order valence-electron chi connectivity index (χ3n) is 4.43. The number of carbonyl (C=O) groups excluding carboxylic acids is 1. The maximum Gasteiger partial charge on any atom is 0.250 e. The van der Waals surface area contributed by atoms with Crippen LogP contribution in [-0.4, -0.2) is 38.2 Å². The molecule has 1 N–H and O–H groups in total. The van der Waals surface area contributed by atoms with Crippen LogP contribution in [-0.2, 0) is 29.0 Å². The van der Waals surface area contributed by atoms with Crippen LogP contribution in [0.25, 0.3) is 0 Å². The first kappa shape index (κ1) is 17.5. The number of hydrogen-bond donors (Lipinski definition) is 1. The zero-order valence-electron chi connectivity index (χ0n) is 14.7. The molecule has 5 nitrogen and oxygen atoms in total. The lowest BCUT2D eigenvalue weighted by Gasteiger charge is -2.14. The Morgan fingerprint density at radius 1 is 1.08 bits per heavy atom. The maximum atomic E-state index is 11.6. The first-order valence-electron chi connectivity index (χ1n) is 8.44. The lowest BCUT2D eigenvalue weighted by atomic mass is 10.1. The van der Waals surface area contributed by atoms with Gasteiger partial charge in [0.2, 0.25) is 5.91 Å². The van der Waals surface area contributed by atoms with Crippen LogP contribution in [0.1, 0.15) is 16.7 Å². The number of rotatable bonds is 7. The summed E-state index contributed by atoms with van der Waals surface area (Å²) < 4.78 is 10.0. The van der Waals surface area contributed by atoms with Gasteiger partial charge in [-0.15, -0.1) is 0 Å². The van der Waals surface area contributed by atoms with Crippen LogP contribution in [0.3, 0.4) is 0 Å². The Kier molecular flexibility index (Phi) is 5.68. The van der Waals surface area contributed by atoms with Crippen molar-refractivity contribution in [3.05, 3.63) is 59.2 Å². The summed E-state index contributed by atoms with van der Waals surface area (Å²) in [5.74, 6) is 0.761. The fraction of sp³-hybridized carbons (Fsp3) is 0.350. The molecular weight excluding hydrogens is 316 g/mol. The molecule has 1 heterocycles. The van der Waals surface area contributed by atoms with E-state index in [4.69, 9.17) is 9.47 Å². The van der Waals surface area contributed by atoms with Gasteiger partial charge in [-0.25, -0.2) is 0 Å². The number of nitrogens with one attached hydrogen (secondary N) is 1. The van der Waals surface area contributed by atoms with Gasteiger partial charge in [0.1, 0.15) is 12.4 Å². The minimum atomic E-state index is -0.128. The molecule has 1 amide bonds. The topological polar surface area (TPSA) is 50.8 Å². The molecule has 1 aliphatic heterocycles. The second-order valence-corrected chi connectivity index (χ2v) is 6.27. The predicted octanol–water partition coefficient (Wildman–Crippen LogP) is 2.84. The van der Waals surface area contributed by atoms with Crippen molar-refractivity contribution in [3.63, 3.8) is 0 Å². The zero-order chi connectivity index (χ0) is 17.6. The third-order valence-corrected chi connectivity index (χ3v) is 4.43. The van der Waals surface area contributed by atoms with Gasteiger partial charge in [-0.2, -0.15) is 0 Å². The first-order valence-corrected chi connectivity index (χ1v) is 8.44. The summed E-state index contributed by atoms with van der Waals surface area (Å²) in [6.45, 7) is 2.95. The van der Waals surface area contributed by atoms with E-state index in [9.17, 15) is 4.79 Å². The predicted molar refractivity (Wildman–Crippen MR) is 97.8 cm³/mol. The normalized spacial score (nSPS) is 13.5. The second kappa shape index (κ2) is 8.14. The molecule has 0 atom stereocenters. The van der Waals surface area contributed by atoms with Crippen LogP contribution in [0.5, 0.6) is 5.75 Å². The molecule has 0 saturated carbocycles. The monoisotopic (exact) mass is 340 g/mol. The number of nitrogens with zero attached hydrogens (tertiary/aromatic N) is 1. The molecule has 1 aliphatic rings. The lowest BCUT2D eigenvalue weighted by molar-refractivity contribution is -0.119. The number of hydrogen-bond acceptors (Lipinski definition) is 4. The Labute approximate surface area is 148 Å². The molecule has 0 radical (unpaired) electrons. The molecule has 5 heteroatoms. The van der Waals surface area contributed by atoms with Crippen LogP contribution < -0.4 is 10.1 Å². The van der Waals surface area contributed by atoms with E-state index in [2.05, 4.69) is 34.5 Å². The number of methoxy groups -OCH3 is 2. The number of ether oxygens (including phenoxy) is 2. The highest BCUT2D eigenvalue weighted by Crippen LogP contribution is 2.26. The van der Waals surface area contributed by atoms with Crippen LogP contribution in [0.4, 0.5) is 5.69 Å². The van der Waals surface area contributed by atoms with E-state index in [1.807, 2.05) is 18.2 Å². The van der Waals surface area contributed by atoms with E-state index in [-0.39, 0.29) is 12.5 Å². The van der Waals surface area contributed by atoms with Crippen molar-refractivity contribution in [2.75, 3.05) is 32.7 Å². The molecule has 0 fully saturated rings. The number of carbonyl (C=O) groups is 1. The SMILES string of the molecule is COCC(=O)Nc1ccc2c(c1)CN(CCc1ccc(OC)cc1)C2. The number of fused-ring (bicyclic) bond motifs is 1. The number of amides is 1. The molecular formula is C20H24N2O3. The Bertz CT molecular complexity index is 728. The van der Waals surface area contributed by atoms with E-state index < -0.39 is 0 Å². The summed E-state index contributed by atoms with van der Waals surface area (Å²) in [4.78, 5) is 14.1. The van der Waals surface area contributed by atoms with Gasteiger partial charge in [-0.3, -0.25) is 9.69 Å². The average molecular weight is 340 g/mol. The van der Waals surface area contributed by atoms with Crippen LogP contribution >= 0.6 is 0 Å². The van der Waals surface area contributed by atoms with E-state index in [0.29, 0.717) is 0 Å². The third kappa shape index (κ3) is 4.59. The molecule has 0 aromatic heterocycles. The molecule has 2 aromatic carbocycles. The highest BCUT2D eigenvalue weighted by molar-refractivity contribution is 5.91. The standard InChI is InChI=1S/C20H24N2O3/c1-24-14-20(23)21-18-6-5-16-12-22(13-17(16)11-18)10-9-15-3-7-19(25-2)8-4-15/h3-8,11H,9-10,12-14H2,1-2H3,(H,21,23). The number of benzene rings is 2. The highest BCUT2D eigenvalue weighted by Gasteiger charge is 2.19. The lowest BCUT2D eigenvalue weighted by Crippen LogP contribution is -2.19. The van der Waals surface area contributed by atoms with Crippen molar-refractivity contribution in [1.29, 1.82) is 0 Å².